The summed E-state index contributed by atoms with van der Waals surface area (Å²) in [6.07, 6.45) is 10.7. The molecule has 0 aromatic rings. The Morgan fingerprint density at radius 3 is 2.85 bits per heavy atom. The quantitative estimate of drug-likeness (QED) is 0.719. The second kappa shape index (κ2) is 7.93. The first-order valence-electron chi connectivity index (χ1n) is 7.42. The van der Waals surface area contributed by atoms with E-state index in [9.17, 15) is 4.79 Å². The fourth-order valence-electron chi connectivity index (χ4n) is 2.71. The van der Waals surface area contributed by atoms with E-state index in [0.717, 1.165) is 31.4 Å². The van der Waals surface area contributed by atoms with Gasteiger partial charge in [0.1, 0.15) is 6.54 Å². The average molecular weight is 277 g/mol. The summed E-state index contributed by atoms with van der Waals surface area (Å²) < 4.78 is 0. The predicted molar refractivity (Wildman–Crippen MR) is 83.4 cm³/mol. The molecule has 0 aliphatic heterocycles. The molecule has 2 unspecified atom stereocenters. The fraction of sp³-hybridized carbons (Fsp3) is 0.588. The molecule has 0 fully saturated rings. The van der Waals surface area contributed by atoms with Gasteiger partial charge in [-0.05, 0) is 31.6 Å². The lowest BCUT2D eigenvalue weighted by molar-refractivity contribution is -0.137. The number of rotatable bonds is 7. The van der Waals surface area contributed by atoms with Crippen LogP contribution in [0.3, 0.4) is 0 Å². The average Bonchev–Trinajstić information content (AvgIpc) is 2.57. The lowest BCUT2D eigenvalue weighted by Crippen LogP contribution is -2.30. The van der Waals surface area contributed by atoms with Gasteiger partial charge in [-0.2, -0.15) is 0 Å². The number of carboxylic acids is 1. The van der Waals surface area contributed by atoms with Crippen LogP contribution < -0.4 is 0 Å². The first-order valence-corrected chi connectivity index (χ1v) is 7.42. The molecule has 112 valence electrons. The zero-order valence-corrected chi connectivity index (χ0v) is 12.9. The highest BCUT2D eigenvalue weighted by atomic mass is 16.4. The summed E-state index contributed by atoms with van der Waals surface area (Å²) in [5.41, 5.74) is 2.43. The smallest absolute Gasteiger partial charge is 0.323 e. The van der Waals surface area contributed by atoms with Crippen molar-refractivity contribution in [3.05, 3.63) is 36.1 Å². The Labute approximate surface area is 122 Å². The molecule has 0 aromatic heterocycles. The number of carbonyl (C=O) groups is 1. The largest absolute Gasteiger partial charge is 0.480 e. The molecule has 0 radical (unpaired) electrons. The van der Waals surface area contributed by atoms with Crippen molar-refractivity contribution in [2.24, 2.45) is 11.8 Å². The Bertz CT molecular complexity index is 409. The maximum atomic E-state index is 10.9. The summed E-state index contributed by atoms with van der Waals surface area (Å²) in [6, 6.07) is 0. The van der Waals surface area contributed by atoms with Crippen molar-refractivity contribution < 1.29 is 9.90 Å². The first-order chi connectivity index (χ1) is 9.45. The molecule has 0 aromatic carbocycles. The van der Waals surface area contributed by atoms with Crippen LogP contribution in [0.1, 0.15) is 39.5 Å². The molecule has 1 aliphatic carbocycles. The monoisotopic (exact) mass is 277 g/mol. The van der Waals surface area contributed by atoms with Crippen LogP contribution in [0.15, 0.2) is 36.1 Å². The van der Waals surface area contributed by atoms with Gasteiger partial charge >= 0.3 is 5.97 Å². The molecule has 1 rings (SSSR count). The van der Waals surface area contributed by atoms with E-state index in [-0.39, 0.29) is 6.54 Å². The second-order valence-corrected chi connectivity index (χ2v) is 5.64. The van der Waals surface area contributed by atoms with Crippen molar-refractivity contribution in [3.63, 3.8) is 0 Å². The van der Waals surface area contributed by atoms with Crippen molar-refractivity contribution in [2.45, 2.75) is 39.5 Å². The SMILES string of the molecule is C=C(CC)CCC1C=CCC=C(N(C)CC(=O)O)C1C. The highest BCUT2D eigenvalue weighted by molar-refractivity contribution is 5.69. The molecule has 1 aliphatic rings. The molecule has 0 heterocycles. The van der Waals surface area contributed by atoms with Crippen molar-refractivity contribution in [1.29, 1.82) is 0 Å². The Kier molecular flexibility index (Phi) is 6.56. The molecule has 0 saturated heterocycles. The zero-order valence-electron chi connectivity index (χ0n) is 12.9. The summed E-state index contributed by atoms with van der Waals surface area (Å²) in [4.78, 5) is 12.7. The standard InChI is InChI=1S/C17H27NO2/c1-5-13(2)10-11-15-8-6-7-9-16(14(15)3)18(4)12-17(19)20/h6,8-9,14-15H,2,5,7,10-12H2,1,3-4H3,(H,19,20). The van der Waals surface area contributed by atoms with Crippen LogP contribution in [0.2, 0.25) is 0 Å². The maximum absolute atomic E-state index is 10.9. The molecule has 3 nitrogen and oxygen atoms in total. The van der Waals surface area contributed by atoms with Crippen LogP contribution in [0.4, 0.5) is 0 Å². The summed E-state index contributed by atoms with van der Waals surface area (Å²) in [6.45, 7) is 8.47. The Morgan fingerprint density at radius 1 is 1.55 bits per heavy atom. The molecule has 2 atom stereocenters. The third-order valence-corrected chi connectivity index (χ3v) is 4.10. The van der Waals surface area contributed by atoms with Crippen molar-refractivity contribution in [1.82, 2.24) is 4.90 Å². The second-order valence-electron chi connectivity index (χ2n) is 5.64. The van der Waals surface area contributed by atoms with E-state index in [2.05, 4.69) is 38.7 Å². The molecule has 0 spiro atoms. The Balaban J connectivity index is 2.71. The maximum Gasteiger partial charge on any atom is 0.323 e. The van der Waals surface area contributed by atoms with Crippen LogP contribution >= 0.6 is 0 Å². The molecule has 1 N–H and O–H groups in total. The van der Waals surface area contributed by atoms with Crippen LogP contribution in [0, 0.1) is 11.8 Å². The van der Waals surface area contributed by atoms with Gasteiger partial charge in [-0.1, -0.05) is 44.2 Å². The normalized spacial score (nSPS) is 22.1. The number of allylic oxidation sites excluding steroid dienone is 5. The Hall–Kier alpha value is -1.51. The van der Waals surface area contributed by atoms with Crippen molar-refractivity contribution >= 4 is 5.97 Å². The zero-order chi connectivity index (χ0) is 15.1. The topological polar surface area (TPSA) is 40.5 Å². The van der Waals surface area contributed by atoms with Gasteiger partial charge in [0.2, 0.25) is 0 Å². The predicted octanol–water partition coefficient (Wildman–Crippen LogP) is 3.85. The van der Waals surface area contributed by atoms with Gasteiger partial charge < -0.3 is 10.0 Å². The molecular formula is C17H27NO2. The van der Waals surface area contributed by atoms with E-state index < -0.39 is 5.97 Å². The molecule has 0 amide bonds. The van der Waals surface area contributed by atoms with Gasteiger partial charge in [0, 0.05) is 18.7 Å². The van der Waals surface area contributed by atoms with Gasteiger partial charge in [0.05, 0.1) is 0 Å². The minimum absolute atomic E-state index is 0.0601. The molecule has 20 heavy (non-hydrogen) atoms. The van der Waals surface area contributed by atoms with E-state index in [1.807, 2.05) is 11.9 Å². The fourth-order valence-corrected chi connectivity index (χ4v) is 2.71. The molecule has 0 bridgehead atoms. The number of hydrogen-bond donors (Lipinski definition) is 1. The van der Waals surface area contributed by atoms with Crippen LogP contribution in [-0.2, 0) is 4.79 Å². The number of likely N-dealkylation sites (N-methyl/N-ethyl adjacent to an activating group) is 1. The summed E-state index contributed by atoms with van der Waals surface area (Å²) in [7, 11) is 1.86. The van der Waals surface area contributed by atoms with Gasteiger partial charge in [-0.15, -0.1) is 0 Å². The number of aliphatic carboxylic acids is 1. The molecule has 0 saturated carbocycles. The van der Waals surface area contributed by atoms with Gasteiger partial charge in [0.25, 0.3) is 0 Å². The van der Waals surface area contributed by atoms with Gasteiger partial charge in [-0.25, -0.2) is 0 Å². The van der Waals surface area contributed by atoms with E-state index in [0.29, 0.717) is 11.8 Å². The summed E-state index contributed by atoms with van der Waals surface area (Å²) in [5.74, 6) is 0.0276. The molecule has 3 heteroatoms. The van der Waals surface area contributed by atoms with E-state index in [4.69, 9.17) is 5.11 Å². The minimum Gasteiger partial charge on any atom is -0.480 e. The lowest BCUT2D eigenvalue weighted by Gasteiger charge is -2.29. The van der Waals surface area contributed by atoms with E-state index >= 15 is 0 Å². The van der Waals surface area contributed by atoms with Crippen LogP contribution in [0.25, 0.3) is 0 Å². The van der Waals surface area contributed by atoms with Crippen molar-refractivity contribution in [2.75, 3.05) is 13.6 Å². The molecular weight excluding hydrogens is 250 g/mol. The summed E-state index contributed by atoms with van der Waals surface area (Å²) >= 11 is 0. The van der Waals surface area contributed by atoms with Crippen LogP contribution in [0.5, 0.6) is 0 Å². The number of carboxylic acid groups (broad SMARTS) is 1. The van der Waals surface area contributed by atoms with Crippen LogP contribution in [-0.4, -0.2) is 29.6 Å². The lowest BCUT2D eigenvalue weighted by atomic mass is 9.86. The third-order valence-electron chi connectivity index (χ3n) is 4.10. The highest BCUT2D eigenvalue weighted by Gasteiger charge is 2.23. The highest BCUT2D eigenvalue weighted by Crippen LogP contribution is 2.31. The third kappa shape index (κ3) is 4.87. The first kappa shape index (κ1) is 16.5. The van der Waals surface area contributed by atoms with E-state index in [1.54, 1.807) is 0 Å². The summed E-state index contributed by atoms with van der Waals surface area (Å²) in [5, 5.41) is 8.95. The number of hydrogen-bond acceptors (Lipinski definition) is 2. The van der Waals surface area contributed by atoms with E-state index in [1.165, 1.54) is 5.57 Å². The Morgan fingerprint density at radius 2 is 2.25 bits per heavy atom. The van der Waals surface area contributed by atoms with Gasteiger partial charge in [-0.3, -0.25) is 4.79 Å². The van der Waals surface area contributed by atoms with Crippen molar-refractivity contribution in [3.8, 4) is 0 Å². The number of nitrogens with zero attached hydrogens (tertiary/aromatic N) is 1. The minimum atomic E-state index is -0.784. The van der Waals surface area contributed by atoms with Gasteiger partial charge in [0.15, 0.2) is 0 Å².